The van der Waals surface area contributed by atoms with Gasteiger partial charge in [0.15, 0.2) is 0 Å². The molecule has 2 rings (SSSR count). The third kappa shape index (κ3) is 3.11. The Kier molecular flexibility index (Phi) is 3.83. The maximum absolute atomic E-state index is 5.23. The first-order chi connectivity index (χ1) is 8.31. The minimum Gasteiger partial charge on any atom is -0.497 e. The molecule has 0 aliphatic carbocycles. The van der Waals surface area contributed by atoms with E-state index in [0.29, 0.717) is 0 Å². The Morgan fingerprint density at radius 3 is 1.65 bits per heavy atom. The second-order valence-electron chi connectivity index (χ2n) is 3.88. The van der Waals surface area contributed by atoms with E-state index in [1.165, 1.54) is 10.4 Å². The van der Waals surface area contributed by atoms with Crippen LogP contribution in [0.3, 0.4) is 0 Å². The van der Waals surface area contributed by atoms with Gasteiger partial charge >= 0.3 is 0 Å². The minimum absolute atomic E-state index is 0.456. The summed E-state index contributed by atoms with van der Waals surface area (Å²) in [6, 6.07) is 16.6. The van der Waals surface area contributed by atoms with Crippen LogP contribution in [0.2, 0.25) is 0 Å². The molecule has 0 aliphatic rings. The lowest BCUT2D eigenvalue weighted by molar-refractivity contribution is 0.415. The molecule has 0 aliphatic heterocycles. The van der Waals surface area contributed by atoms with Gasteiger partial charge < -0.3 is 9.47 Å². The van der Waals surface area contributed by atoms with Gasteiger partial charge in [-0.1, -0.05) is 34.6 Å². The highest BCUT2D eigenvalue weighted by Crippen LogP contribution is 2.07. The van der Waals surface area contributed by atoms with Gasteiger partial charge in [0.1, 0.15) is 11.5 Å². The van der Waals surface area contributed by atoms with Crippen molar-refractivity contribution in [2.24, 2.45) is 0 Å². The van der Waals surface area contributed by atoms with Gasteiger partial charge in [0, 0.05) is 0 Å². The van der Waals surface area contributed by atoms with Gasteiger partial charge in [-0.2, -0.15) is 0 Å². The van der Waals surface area contributed by atoms with Crippen molar-refractivity contribution in [3.63, 3.8) is 0 Å². The lowest BCUT2D eigenvalue weighted by Crippen LogP contribution is -2.26. The molecule has 0 heterocycles. The molecule has 88 valence electrons. The summed E-state index contributed by atoms with van der Waals surface area (Å²) in [5.41, 5.74) is 0. The van der Waals surface area contributed by atoms with Crippen molar-refractivity contribution in [1.29, 1.82) is 0 Å². The van der Waals surface area contributed by atoms with Crippen molar-refractivity contribution < 1.29 is 9.47 Å². The Morgan fingerprint density at radius 2 is 1.24 bits per heavy atom. The summed E-state index contributed by atoms with van der Waals surface area (Å²) in [5, 5.41) is 2.75. The first kappa shape index (κ1) is 11.7. The van der Waals surface area contributed by atoms with Gasteiger partial charge in [0.2, 0.25) is 0 Å². The molecule has 0 atom stereocenters. The van der Waals surface area contributed by atoms with Gasteiger partial charge in [-0.05, 0) is 24.3 Å². The minimum atomic E-state index is -0.456. The lowest BCUT2D eigenvalue weighted by Gasteiger charge is -2.06. The molecule has 0 radical (unpaired) electrons. The van der Waals surface area contributed by atoms with Crippen molar-refractivity contribution in [1.82, 2.24) is 0 Å². The van der Waals surface area contributed by atoms with Gasteiger partial charge in [-0.3, -0.25) is 0 Å². The van der Waals surface area contributed by atoms with Crippen LogP contribution < -0.4 is 19.8 Å². The van der Waals surface area contributed by atoms with Crippen LogP contribution in [0.25, 0.3) is 0 Å². The SMILES string of the molecule is COc1cccc([SiH2]c2cccc(OC)c2)c1. The van der Waals surface area contributed by atoms with Crippen molar-refractivity contribution >= 4 is 19.9 Å². The lowest BCUT2D eigenvalue weighted by atomic mass is 10.3. The summed E-state index contributed by atoms with van der Waals surface area (Å²) >= 11 is 0. The fraction of sp³-hybridized carbons (Fsp3) is 0.143. The molecule has 0 unspecified atom stereocenters. The van der Waals surface area contributed by atoms with E-state index in [1.54, 1.807) is 14.2 Å². The molecule has 0 spiro atoms. The van der Waals surface area contributed by atoms with Crippen LogP contribution in [0.1, 0.15) is 0 Å². The van der Waals surface area contributed by atoms with E-state index < -0.39 is 9.52 Å². The number of rotatable bonds is 4. The van der Waals surface area contributed by atoms with Gasteiger partial charge in [0.25, 0.3) is 0 Å². The first-order valence-corrected chi connectivity index (χ1v) is 6.99. The molecule has 0 saturated carbocycles. The van der Waals surface area contributed by atoms with Gasteiger partial charge in [0.05, 0.1) is 23.7 Å². The predicted molar refractivity (Wildman–Crippen MR) is 73.8 cm³/mol. The topological polar surface area (TPSA) is 18.5 Å². The summed E-state index contributed by atoms with van der Waals surface area (Å²) in [7, 11) is 2.95. The molecule has 3 heteroatoms. The number of methoxy groups -OCH3 is 2. The van der Waals surface area contributed by atoms with Crippen LogP contribution in [0.4, 0.5) is 0 Å². The van der Waals surface area contributed by atoms with E-state index in [0.717, 1.165) is 11.5 Å². The zero-order valence-corrected chi connectivity index (χ0v) is 11.6. The van der Waals surface area contributed by atoms with E-state index >= 15 is 0 Å². The summed E-state index contributed by atoms with van der Waals surface area (Å²) in [5.74, 6) is 1.86. The molecule has 0 aromatic heterocycles. The Balaban J connectivity index is 2.18. The Morgan fingerprint density at radius 1 is 0.765 bits per heavy atom. The monoisotopic (exact) mass is 244 g/mol. The zero-order valence-electron chi connectivity index (χ0n) is 10.1. The fourth-order valence-electron chi connectivity index (χ4n) is 1.80. The zero-order chi connectivity index (χ0) is 12.1. The Bertz CT molecular complexity index is 452. The van der Waals surface area contributed by atoms with Crippen molar-refractivity contribution in [3.8, 4) is 11.5 Å². The van der Waals surface area contributed by atoms with Crippen molar-refractivity contribution in [2.75, 3.05) is 14.2 Å². The highest BCUT2D eigenvalue weighted by Gasteiger charge is 2.00. The van der Waals surface area contributed by atoms with Crippen LogP contribution in [0, 0.1) is 0 Å². The summed E-state index contributed by atoms with van der Waals surface area (Å²) < 4.78 is 10.5. The fourth-order valence-corrected chi connectivity index (χ4v) is 3.39. The Hall–Kier alpha value is -1.74. The largest absolute Gasteiger partial charge is 0.497 e. The third-order valence-corrected chi connectivity index (χ3v) is 4.37. The highest BCUT2D eigenvalue weighted by molar-refractivity contribution is 6.67. The average Bonchev–Trinajstić information content (AvgIpc) is 2.39. The normalized spacial score (nSPS) is 10.0. The third-order valence-electron chi connectivity index (χ3n) is 2.68. The van der Waals surface area contributed by atoms with Crippen LogP contribution in [0.5, 0.6) is 11.5 Å². The summed E-state index contributed by atoms with van der Waals surface area (Å²) in [6.45, 7) is 0. The van der Waals surface area contributed by atoms with E-state index in [9.17, 15) is 0 Å². The van der Waals surface area contributed by atoms with E-state index in [1.807, 2.05) is 24.3 Å². The standard InChI is InChI=1S/C14H16O2Si/c1-15-11-5-3-7-13(9-11)17-14-8-4-6-12(10-14)16-2/h3-10H,17H2,1-2H3. The summed E-state index contributed by atoms with van der Waals surface area (Å²) in [4.78, 5) is 0. The smallest absolute Gasteiger partial charge is 0.118 e. The molecule has 0 fully saturated rings. The number of hydrogen-bond donors (Lipinski definition) is 0. The Labute approximate surface area is 104 Å². The highest BCUT2D eigenvalue weighted by atomic mass is 28.2. The van der Waals surface area contributed by atoms with Crippen molar-refractivity contribution in [2.45, 2.75) is 0 Å². The first-order valence-electron chi connectivity index (χ1n) is 5.57. The predicted octanol–water partition coefficient (Wildman–Crippen LogP) is 0.823. The van der Waals surface area contributed by atoms with Crippen LogP contribution in [0.15, 0.2) is 48.5 Å². The van der Waals surface area contributed by atoms with Crippen LogP contribution in [-0.2, 0) is 0 Å². The maximum Gasteiger partial charge on any atom is 0.118 e. The van der Waals surface area contributed by atoms with E-state index in [4.69, 9.17) is 9.47 Å². The summed E-state index contributed by atoms with van der Waals surface area (Å²) in [6.07, 6.45) is 0. The maximum atomic E-state index is 5.23. The van der Waals surface area contributed by atoms with Gasteiger partial charge in [-0.15, -0.1) is 0 Å². The molecule has 17 heavy (non-hydrogen) atoms. The van der Waals surface area contributed by atoms with E-state index in [2.05, 4.69) is 24.3 Å². The van der Waals surface area contributed by atoms with Crippen LogP contribution >= 0.6 is 0 Å². The van der Waals surface area contributed by atoms with Gasteiger partial charge in [-0.25, -0.2) is 0 Å². The molecule has 0 N–H and O–H groups in total. The molecular weight excluding hydrogens is 228 g/mol. The number of ether oxygens (including phenoxy) is 2. The number of hydrogen-bond acceptors (Lipinski definition) is 2. The molecule has 2 nitrogen and oxygen atoms in total. The molecule has 2 aromatic carbocycles. The molecule has 0 saturated heterocycles. The number of benzene rings is 2. The second-order valence-corrected chi connectivity index (χ2v) is 5.87. The average molecular weight is 244 g/mol. The van der Waals surface area contributed by atoms with Crippen molar-refractivity contribution in [3.05, 3.63) is 48.5 Å². The van der Waals surface area contributed by atoms with Crippen LogP contribution in [-0.4, -0.2) is 23.7 Å². The molecule has 0 bridgehead atoms. The van der Waals surface area contributed by atoms with E-state index in [-0.39, 0.29) is 0 Å². The second kappa shape index (κ2) is 5.55. The quantitative estimate of drug-likeness (QED) is 0.742. The molecular formula is C14H16O2Si. The molecule has 0 amide bonds. The molecule has 2 aromatic rings.